The largest absolute Gasteiger partial charge is 0.491 e. The molecule has 0 saturated heterocycles. The monoisotopic (exact) mass is 265 g/mol. The number of nitrogens with zero attached hydrogens (tertiary/aromatic N) is 1. The Balaban J connectivity index is 2.01. The van der Waals surface area contributed by atoms with Gasteiger partial charge in [0.15, 0.2) is 17.8 Å². The highest BCUT2D eigenvalue weighted by Gasteiger charge is 2.17. The van der Waals surface area contributed by atoms with Crippen molar-refractivity contribution >= 4 is 6.29 Å². The van der Waals surface area contributed by atoms with Crippen molar-refractivity contribution in [1.29, 1.82) is 0 Å². The summed E-state index contributed by atoms with van der Waals surface area (Å²) in [7, 11) is 0. The van der Waals surface area contributed by atoms with Gasteiger partial charge in [0.2, 0.25) is 6.79 Å². The Labute approximate surface area is 113 Å². The maximum atomic E-state index is 11.0. The van der Waals surface area contributed by atoms with E-state index in [-0.39, 0.29) is 6.79 Å². The highest BCUT2D eigenvalue weighted by Crippen LogP contribution is 2.37. The van der Waals surface area contributed by atoms with E-state index in [2.05, 4.69) is 18.7 Å². The summed E-state index contributed by atoms with van der Waals surface area (Å²) in [6.07, 6.45) is 0.773. The van der Waals surface area contributed by atoms with Gasteiger partial charge in [-0.25, -0.2) is 0 Å². The highest BCUT2D eigenvalue weighted by molar-refractivity contribution is 5.81. The van der Waals surface area contributed by atoms with Crippen molar-refractivity contribution in [3.63, 3.8) is 0 Å². The highest BCUT2D eigenvalue weighted by atomic mass is 16.7. The van der Waals surface area contributed by atoms with E-state index < -0.39 is 0 Å². The number of aldehydes is 1. The molecule has 1 heterocycles. The Morgan fingerprint density at radius 2 is 1.95 bits per heavy atom. The molecule has 0 radical (unpaired) electrons. The number of ether oxygens (including phenoxy) is 3. The molecule has 1 aromatic rings. The summed E-state index contributed by atoms with van der Waals surface area (Å²) >= 11 is 0. The summed E-state index contributed by atoms with van der Waals surface area (Å²) < 4.78 is 16.2. The van der Waals surface area contributed by atoms with E-state index in [1.807, 2.05) is 0 Å². The lowest BCUT2D eigenvalue weighted by Crippen LogP contribution is -2.28. The van der Waals surface area contributed by atoms with Gasteiger partial charge in [0, 0.05) is 12.6 Å². The molecular weight excluding hydrogens is 246 g/mol. The van der Waals surface area contributed by atoms with Crippen LogP contribution in [0.4, 0.5) is 0 Å². The number of hydrogen-bond donors (Lipinski definition) is 0. The topological polar surface area (TPSA) is 48.0 Å². The van der Waals surface area contributed by atoms with Crippen LogP contribution in [0, 0.1) is 0 Å². The minimum Gasteiger partial charge on any atom is -0.491 e. The molecule has 5 heteroatoms. The second-order valence-electron chi connectivity index (χ2n) is 4.24. The van der Waals surface area contributed by atoms with Crippen LogP contribution in [-0.4, -0.2) is 44.2 Å². The molecule has 0 unspecified atom stereocenters. The van der Waals surface area contributed by atoms with Crippen molar-refractivity contribution in [1.82, 2.24) is 4.90 Å². The molecule has 1 aliphatic rings. The van der Waals surface area contributed by atoms with Gasteiger partial charge in [0.05, 0.1) is 5.56 Å². The van der Waals surface area contributed by atoms with E-state index in [9.17, 15) is 4.79 Å². The smallest absolute Gasteiger partial charge is 0.231 e. The summed E-state index contributed by atoms with van der Waals surface area (Å²) in [5.41, 5.74) is 0.490. The van der Waals surface area contributed by atoms with E-state index in [1.54, 1.807) is 12.1 Å². The van der Waals surface area contributed by atoms with E-state index in [4.69, 9.17) is 14.2 Å². The Bertz CT molecular complexity index is 443. The van der Waals surface area contributed by atoms with Gasteiger partial charge < -0.3 is 19.1 Å². The molecule has 0 saturated carbocycles. The Morgan fingerprint density at radius 1 is 1.26 bits per heavy atom. The fourth-order valence-corrected chi connectivity index (χ4v) is 1.98. The van der Waals surface area contributed by atoms with Gasteiger partial charge in [-0.2, -0.15) is 0 Å². The fraction of sp³-hybridized carbons (Fsp3) is 0.500. The van der Waals surface area contributed by atoms with Gasteiger partial charge in [-0.3, -0.25) is 4.79 Å². The molecule has 0 spiro atoms. The second kappa shape index (κ2) is 6.43. The number of rotatable bonds is 7. The van der Waals surface area contributed by atoms with Crippen LogP contribution in [0.1, 0.15) is 24.2 Å². The molecule has 0 fully saturated rings. The third-order valence-electron chi connectivity index (χ3n) is 3.19. The average molecular weight is 265 g/mol. The van der Waals surface area contributed by atoms with Crippen LogP contribution in [0.25, 0.3) is 0 Å². The van der Waals surface area contributed by atoms with Gasteiger partial charge in [-0.15, -0.1) is 0 Å². The molecule has 0 aliphatic carbocycles. The summed E-state index contributed by atoms with van der Waals surface area (Å²) in [5, 5.41) is 0. The predicted octanol–water partition coefficient (Wildman–Crippen LogP) is 1.95. The second-order valence-corrected chi connectivity index (χ2v) is 4.24. The zero-order valence-corrected chi connectivity index (χ0v) is 11.3. The van der Waals surface area contributed by atoms with Crippen molar-refractivity contribution < 1.29 is 19.0 Å². The predicted molar refractivity (Wildman–Crippen MR) is 71.2 cm³/mol. The van der Waals surface area contributed by atoms with Crippen LogP contribution >= 0.6 is 0 Å². The van der Waals surface area contributed by atoms with Crippen molar-refractivity contribution in [3.8, 4) is 17.2 Å². The molecule has 5 nitrogen and oxygen atoms in total. The molecule has 0 amide bonds. The minimum atomic E-state index is 0.191. The molecule has 19 heavy (non-hydrogen) atoms. The maximum absolute atomic E-state index is 11.0. The maximum Gasteiger partial charge on any atom is 0.231 e. The number of carbonyl (C=O) groups is 1. The van der Waals surface area contributed by atoms with Crippen molar-refractivity contribution in [2.45, 2.75) is 13.8 Å². The Hall–Kier alpha value is -1.75. The molecule has 1 aliphatic heterocycles. The van der Waals surface area contributed by atoms with Gasteiger partial charge >= 0.3 is 0 Å². The molecule has 1 aromatic carbocycles. The molecule has 2 rings (SSSR count). The molecular formula is C14H19NO4. The summed E-state index contributed by atoms with van der Waals surface area (Å²) in [5.74, 6) is 1.77. The average Bonchev–Trinajstić information content (AvgIpc) is 2.89. The summed E-state index contributed by atoms with van der Waals surface area (Å²) in [6.45, 7) is 7.77. The lowest BCUT2D eigenvalue weighted by atomic mass is 10.2. The van der Waals surface area contributed by atoms with Gasteiger partial charge in [0.25, 0.3) is 0 Å². The SMILES string of the molecule is CCN(CC)CCOc1cc2c(cc1C=O)OCO2. The summed E-state index contributed by atoms with van der Waals surface area (Å²) in [4.78, 5) is 13.3. The lowest BCUT2D eigenvalue weighted by Gasteiger charge is -2.18. The standard InChI is InChI=1S/C14H19NO4/c1-3-15(4-2)5-6-17-12-8-14-13(18-10-19-14)7-11(12)9-16/h7-9H,3-6,10H2,1-2H3. The van der Waals surface area contributed by atoms with Crippen LogP contribution in [0.15, 0.2) is 12.1 Å². The Kier molecular flexibility index (Phi) is 4.63. The number of likely N-dealkylation sites (N-methyl/N-ethyl adjacent to an activating group) is 1. The molecule has 0 N–H and O–H groups in total. The first-order valence-electron chi connectivity index (χ1n) is 6.52. The van der Waals surface area contributed by atoms with Crippen LogP contribution in [0.3, 0.4) is 0 Å². The van der Waals surface area contributed by atoms with E-state index in [0.29, 0.717) is 29.4 Å². The number of hydrogen-bond acceptors (Lipinski definition) is 5. The first kappa shape index (κ1) is 13.7. The molecule has 104 valence electrons. The van der Waals surface area contributed by atoms with Crippen LogP contribution in [-0.2, 0) is 0 Å². The third kappa shape index (κ3) is 3.17. The first-order valence-corrected chi connectivity index (χ1v) is 6.52. The van der Waals surface area contributed by atoms with Crippen molar-refractivity contribution in [2.75, 3.05) is 33.0 Å². The van der Waals surface area contributed by atoms with Crippen molar-refractivity contribution in [2.24, 2.45) is 0 Å². The van der Waals surface area contributed by atoms with Crippen molar-refractivity contribution in [3.05, 3.63) is 17.7 Å². The van der Waals surface area contributed by atoms with Crippen LogP contribution in [0.2, 0.25) is 0 Å². The quantitative estimate of drug-likeness (QED) is 0.705. The van der Waals surface area contributed by atoms with Gasteiger partial charge in [-0.1, -0.05) is 13.8 Å². The number of benzene rings is 1. The zero-order valence-electron chi connectivity index (χ0n) is 11.3. The minimum absolute atomic E-state index is 0.191. The van der Waals surface area contributed by atoms with Gasteiger partial charge in [0.1, 0.15) is 12.4 Å². The van der Waals surface area contributed by atoms with E-state index in [0.717, 1.165) is 25.9 Å². The third-order valence-corrected chi connectivity index (χ3v) is 3.19. The fourth-order valence-electron chi connectivity index (χ4n) is 1.98. The van der Waals surface area contributed by atoms with Crippen LogP contribution in [0.5, 0.6) is 17.2 Å². The molecule has 0 atom stereocenters. The van der Waals surface area contributed by atoms with E-state index >= 15 is 0 Å². The first-order chi connectivity index (χ1) is 9.28. The number of carbonyl (C=O) groups excluding carboxylic acids is 1. The molecule has 0 bridgehead atoms. The summed E-state index contributed by atoms with van der Waals surface area (Å²) in [6, 6.07) is 3.37. The van der Waals surface area contributed by atoms with Crippen LogP contribution < -0.4 is 14.2 Å². The zero-order chi connectivity index (χ0) is 13.7. The number of fused-ring (bicyclic) bond motifs is 1. The normalized spacial score (nSPS) is 12.8. The molecule has 0 aromatic heterocycles. The van der Waals surface area contributed by atoms with E-state index in [1.165, 1.54) is 0 Å². The lowest BCUT2D eigenvalue weighted by molar-refractivity contribution is 0.111. The Morgan fingerprint density at radius 3 is 2.58 bits per heavy atom. The van der Waals surface area contributed by atoms with Gasteiger partial charge in [-0.05, 0) is 19.2 Å².